The van der Waals surface area contributed by atoms with Gasteiger partial charge in [-0.25, -0.2) is 9.78 Å². The topological polar surface area (TPSA) is 76.5 Å². The molecule has 4 rings (SSSR count). The van der Waals surface area contributed by atoms with Crippen LogP contribution < -0.4 is 5.32 Å². The minimum absolute atomic E-state index is 0.185. The lowest BCUT2D eigenvalue weighted by Gasteiger charge is -2.28. The number of hydrogen-bond donors (Lipinski definition) is 1. The molecular weight excluding hydrogens is 380 g/mol. The first-order valence-electron chi connectivity index (χ1n) is 10.8. The van der Waals surface area contributed by atoms with E-state index >= 15 is 0 Å². The van der Waals surface area contributed by atoms with Gasteiger partial charge in [0.15, 0.2) is 0 Å². The summed E-state index contributed by atoms with van der Waals surface area (Å²) in [6.07, 6.45) is 6.37. The van der Waals surface area contributed by atoms with Gasteiger partial charge in [0.2, 0.25) is 5.91 Å². The summed E-state index contributed by atoms with van der Waals surface area (Å²) < 4.78 is 7.69. The van der Waals surface area contributed by atoms with Gasteiger partial charge in [-0.2, -0.15) is 0 Å². The SMILES string of the molecule is CC(C)(C)OC(=O)N1CCC[C@H]1C(=O)Nc1ccccc1-c1cn2c(n1)CCCC2. The fraction of sp³-hybridized carbons (Fsp3) is 0.522. The normalized spacial score (nSPS) is 18.8. The number of carbonyl (C=O) groups excluding carboxylic acids is 2. The Labute approximate surface area is 177 Å². The summed E-state index contributed by atoms with van der Waals surface area (Å²) in [6.45, 7) is 7.01. The van der Waals surface area contributed by atoms with E-state index in [2.05, 4.69) is 16.1 Å². The molecule has 2 aliphatic heterocycles. The standard InChI is InChI=1S/C23H30N4O3/c1-23(2,3)30-22(29)27-14-8-11-19(27)21(28)25-17-10-5-4-9-16(17)18-15-26-13-7-6-12-20(26)24-18/h4-5,9-10,15,19H,6-8,11-14H2,1-3H3,(H,25,28)/t19-/m0/s1. The minimum atomic E-state index is -0.590. The highest BCUT2D eigenvalue weighted by Crippen LogP contribution is 2.30. The van der Waals surface area contributed by atoms with Crippen LogP contribution in [0.4, 0.5) is 10.5 Å². The van der Waals surface area contributed by atoms with Crippen molar-refractivity contribution in [1.82, 2.24) is 14.5 Å². The fourth-order valence-electron chi connectivity index (χ4n) is 4.15. The predicted molar refractivity (Wildman–Crippen MR) is 115 cm³/mol. The molecule has 1 atom stereocenters. The summed E-state index contributed by atoms with van der Waals surface area (Å²) in [4.78, 5) is 32.0. The third-order valence-electron chi connectivity index (χ3n) is 5.55. The average Bonchev–Trinajstić information content (AvgIpc) is 3.34. The molecule has 0 unspecified atom stereocenters. The maximum absolute atomic E-state index is 13.1. The van der Waals surface area contributed by atoms with E-state index in [1.807, 2.05) is 45.0 Å². The Morgan fingerprint density at radius 2 is 1.93 bits per heavy atom. The number of nitrogens with one attached hydrogen (secondary N) is 1. The quantitative estimate of drug-likeness (QED) is 0.822. The Kier molecular flexibility index (Phi) is 5.54. The fourth-order valence-corrected chi connectivity index (χ4v) is 4.15. The van der Waals surface area contributed by atoms with E-state index in [0.717, 1.165) is 42.9 Å². The van der Waals surface area contributed by atoms with Crippen LogP contribution in [0.25, 0.3) is 11.3 Å². The van der Waals surface area contributed by atoms with E-state index < -0.39 is 17.7 Å². The Bertz CT molecular complexity index is 921. The van der Waals surface area contributed by atoms with Gasteiger partial charge in [-0.15, -0.1) is 0 Å². The number of imidazole rings is 1. The molecule has 2 aliphatic rings. The first-order valence-corrected chi connectivity index (χ1v) is 10.8. The van der Waals surface area contributed by atoms with Crippen LogP contribution in [0.1, 0.15) is 52.3 Å². The maximum Gasteiger partial charge on any atom is 0.410 e. The van der Waals surface area contributed by atoms with Crippen LogP contribution >= 0.6 is 0 Å². The van der Waals surface area contributed by atoms with Crippen molar-refractivity contribution in [3.63, 3.8) is 0 Å². The van der Waals surface area contributed by atoms with E-state index in [-0.39, 0.29) is 5.91 Å². The van der Waals surface area contributed by atoms with Crippen molar-refractivity contribution >= 4 is 17.7 Å². The molecule has 1 aromatic carbocycles. The number of anilines is 1. The average molecular weight is 411 g/mol. The highest BCUT2D eigenvalue weighted by atomic mass is 16.6. The number of para-hydroxylation sites is 1. The van der Waals surface area contributed by atoms with Gasteiger partial charge in [0.1, 0.15) is 17.5 Å². The summed E-state index contributed by atoms with van der Waals surface area (Å²) in [6, 6.07) is 7.19. The van der Waals surface area contributed by atoms with Gasteiger partial charge in [0.25, 0.3) is 0 Å². The van der Waals surface area contributed by atoms with Crippen LogP contribution in [0.3, 0.4) is 0 Å². The molecule has 0 aliphatic carbocycles. The third kappa shape index (κ3) is 4.35. The summed E-state index contributed by atoms with van der Waals surface area (Å²) >= 11 is 0. The number of fused-ring (bicyclic) bond motifs is 1. The Balaban J connectivity index is 1.52. The molecule has 2 aromatic rings. The van der Waals surface area contributed by atoms with Crippen molar-refractivity contribution in [2.24, 2.45) is 0 Å². The third-order valence-corrected chi connectivity index (χ3v) is 5.55. The molecule has 3 heterocycles. The van der Waals surface area contributed by atoms with E-state index in [9.17, 15) is 9.59 Å². The largest absolute Gasteiger partial charge is 0.444 e. The Morgan fingerprint density at radius 1 is 1.13 bits per heavy atom. The summed E-state index contributed by atoms with van der Waals surface area (Å²) in [7, 11) is 0. The number of aromatic nitrogens is 2. The van der Waals surface area contributed by atoms with E-state index in [0.29, 0.717) is 18.7 Å². The monoisotopic (exact) mass is 410 g/mol. The van der Waals surface area contributed by atoms with Gasteiger partial charge in [-0.05, 0) is 52.5 Å². The molecule has 1 aromatic heterocycles. The Hall–Kier alpha value is -2.83. The number of hydrogen-bond acceptors (Lipinski definition) is 4. The lowest BCUT2D eigenvalue weighted by atomic mass is 10.1. The molecule has 1 fully saturated rings. The number of ether oxygens (including phenoxy) is 1. The lowest BCUT2D eigenvalue weighted by molar-refractivity contribution is -0.120. The first kappa shape index (κ1) is 20.4. The molecular formula is C23H30N4O3. The lowest BCUT2D eigenvalue weighted by Crippen LogP contribution is -2.45. The molecule has 1 N–H and O–H groups in total. The molecule has 7 heteroatoms. The number of rotatable bonds is 3. The van der Waals surface area contributed by atoms with Gasteiger partial charge in [0.05, 0.1) is 11.4 Å². The van der Waals surface area contributed by atoms with Crippen molar-refractivity contribution in [3.8, 4) is 11.3 Å². The van der Waals surface area contributed by atoms with Gasteiger partial charge in [0, 0.05) is 31.3 Å². The maximum atomic E-state index is 13.1. The second-order valence-electron chi connectivity index (χ2n) is 9.06. The van der Waals surface area contributed by atoms with Crippen LogP contribution in [0.5, 0.6) is 0 Å². The molecule has 1 saturated heterocycles. The van der Waals surface area contributed by atoms with E-state index in [1.54, 1.807) is 4.90 Å². The number of aryl methyl sites for hydroxylation is 2. The van der Waals surface area contributed by atoms with Crippen LogP contribution in [0.2, 0.25) is 0 Å². The predicted octanol–water partition coefficient (Wildman–Crippen LogP) is 4.22. The first-order chi connectivity index (χ1) is 14.3. The van der Waals surface area contributed by atoms with Crippen molar-refractivity contribution in [3.05, 3.63) is 36.3 Å². The van der Waals surface area contributed by atoms with Gasteiger partial charge in [-0.1, -0.05) is 18.2 Å². The molecule has 0 saturated carbocycles. The Morgan fingerprint density at radius 3 is 2.70 bits per heavy atom. The van der Waals surface area contributed by atoms with E-state index in [4.69, 9.17) is 9.72 Å². The van der Waals surface area contributed by atoms with Crippen molar-refractivity contribution < 1.29 is 14.3 Å². The molecule has 0 spiro atoms. The number of likely N-dealkylation sites (tertiary alicyclic amines) is 1. The van der Waals surface area contributed by atoms with Crippen LogP contribution in [0, 0.1) is 0 Å². The van der Waals surface area contributed by atoms with Crippen molar-refractivity contribution in [2.75, 3.05) is 11.9 Å². The van der Waals surface area contributed by atoms with Crippen molar-refractivity contribution in [2.45, 2.75) is 71.1 Å². The van der Waals surface area contributed by atoms with E-state index in [1.165, 1.54) is 6.42 Å². The van der Waals surface area contributed by atoms with Gasteiger partial charge < -0.3 is 14.6 Å². The van der Waals surface area contributed by atoms with Crippen LogP contribution in [-0.2, 0) is 22.5 Å². The van der Waals surface area contributed by atoms with Crippen LogP contribution in [0.15, 0.2) is 30.5 Å². The molecule has 160 valence electrons. The second kappa shape index (κ2) is 8.13. The zero-order valence-electron chi connectivity index (χ0n) is 18.0. The highest BCUT2D eigenvalue weighted by Gasteiger charge is 2.36. The molecule has 2 amide bonds. The number of carbonyl (C=O) groups is 2. The van der Waals surface area contributed by atoms with Gasteiger partial charge >= 0.3 is 6.09 Å². The number of nitrogens with zero attached hydrogens (tertiary/aromatic N) is 3. The molecule has 30 heavy (non-hydrogen) atoms. The van der Waals surface area contributed by atoms with Crippen molar-refractivity contribution in [1.29, 1.82) is 0 Å². The summed E-state index contributed by atoms with van der Waals surface area (Å²) in [5, 5.41) is 3.04. The zero-order chi connectivity index (χ0) is 21.3. The molecule has 0 bridgehead atoms. The summed E-state index contributed by atoms with van der Waals surface area (Å²) in [5.74, 6) is 0.916. The summed E-state index contributed by atoms with van der Waals surface area (Å²) in [5.41, 5.74) is 1.90. The second-order valence-corrected chi connectivity index (χ2v) is 9.06. The number of amides is 2. The molecule has 7 nitrogen and oxygen atoms in total. The zero-order valence-corrected chi connectivity index (χ0v) is 18.0. The van der Waals surface area contributed by atoms with Gasteiger partial charge in [-0.3, -0.25) is 9.69 Å². The number of benzene rings is 1. The van der Waals surface area contributed by atoms with Crippen LogP contribution in [-0.4, -0.2) is 44.6 Å². The highest BCUT2D eigenvalue weighted by molar-refractivity contribution is 5.99. The minimum Gasteiger partial charge on any atom is -0.444 e. The smallest absolute Gasteiger partial charge is 0.410 e. The molecule has 0 radical (unpaired) electrons.